The first-order valence-electron chi connectivity index (χ1n) is 7.54. The number of rotatable bonds is 7. The highest BCUT2D eigenvalue weighted by atomic mass is 32.2. The lowest BCUT2D eigenvalue weighted by molar-refractivity contribution is 0.0603. The fourth-order valence-corrected chi connectivity index (χ4v) is 3.71. The van der Waals surface area contributed by atoms with E-state index in [9.17, 15) is 13.5 Å². The molecule has 0 amide bonds. The third kappa shape index (κ3) is 4.37. The zero-order chi connectivity index (χ0) is 18.0. The standard InChI is InChI=1S/C17H23NO5S/c1-12-8-15(22-4)16(9-13(12)2)24(20,21)18-11-17(3,19)10-14-6-5-7-23-14/h5-9,18-19H,10-11H2,1-4H3/t17-/m0/s1. The molecule has 24 heavy (non-hydrogen) atoms. The lowest BCUT2D eigenvalue weighted by atomic mass is 10.0. The first-order valence-corrected chi connectivity index (χ1v) is 9.02. The first-order chi connectivity index (χ1) is 11.1. The average molecular weight is 353 g/mol. The molecule has 132 valence electrons. The third-order valence-corrected chi connectivity index (χ3v) is 5.27. The number of aryl methyl sites for hydroxylation is 2. The Labute approximate surface area is 142 Å². The topological polar surface area (TPSA) is 88.8 Å². The van der Waals surface area contributed by atoms with Gasteiger partial charge >= 0.3 is 0 Å². The molecule has 1 aromatic heterocycles. The molecule has 0 radical (unpaired) electrons. The van der Waals surface area contributed by atoms with E-state index < -0.39 is 15.6 Å². The number of hydrogen-bond donors (Lipinski definition) is 2. The van der Waals surface area contributed by atoms with Gasteiger partial charge in [-0.2, -0.15) is 0 Å². The summed E-state index contributed by atoms with van der Waals surface area (Å²) in [6.07, 6.45) is 1.71. The quantitative estimate of drug-likeness (QED) is 0.796. The summed E-state index contributed by atoms with van der Waals surface area (Å²) in [5, 5.41) is 10.4. The van der Waals surface area contributed by atoms with Crippen molar-refractivity contribution in [1.29, 1.82) is 0 Å². The van der Waals surface area contributed by atoms with Crippen LogP contribution in [0.1, 0.15) is 23.8 Å². The lowest BCUT2D eigenvalue weighted by Crippen LogP contribution is -2.42. The molecule has 0 aliphatic carbocycles. The van der Waals surface area contributed by atoms with Gasteiger partial charge in [0.25, 0.3) is 0 Å². The molecular formula is C17H23NO5S. The van der Waals surface area contributed by atoms with Crippen LogP contribution in [0.3, 0.4) is 0 Å². The van der Waals surface area contributed by atoms with Crippen molar-refractivity contribution >= 4 is 10.0 Å². The molecule has 0 saturated carbocycles. The summed E-state index contributed by atoms with van der Waals surface area (Å²) < 4.78 is 38.0. The predicted octanol–water partition coefficient (Wildman–Crippen LogP) is 2.18. The van der Waals surface area contributed by atoms with E-state index in [0.717, 1.165) is 11.1 Å². The molecule has 0 unspecified atom stereocenters. The molecule has 2 N–H and O–H groups in total. The van der Waals surface area contributed by atoms with E-state index in [4.69, 9.17) is 9.15 Å². The predicted molar refractivity (Wildman–Crippen MR) is 90.7 cm³/mol. The Balaban J connectivity index is 2.18. The molecule has 0 bridgehead atoms. The van der Waals surface area contributed by atoms with Crippen molar-refractivity contribution in [1.82, 2.24) is 4.72 Å². The first kappa shape index (κ1) is 18.5. The Kier molecular flexibility index (Phi) is 5.37. The minimum absolute atomic E-state index is 0.0573. The van der Waals surface area contributed by atoms with E-state index >= 15 is 0 Å². The summed E-state index contributed by atoms with van der Waals surface area (Å²) in [7, 11) is -2.39. The molecule has 0 saturated heterocycles. The average Bonchev–Trinajstić information content (AvgIpc) is 3.00. The van der Waals surface area contributed by atoms with Gasteiger partial charge in [-0.15, -0.1) is 0 Å². The minimum Gasteiger partial charge on any atom is -0.495 e. The van der Waals surface area contributed by atoms with Gasteiger partial charge in [0.2, 0.25) is 10.0 Å². The van der Waals surface area contributed by atoms with Crippen molar-refractivity contribution in [2.45, 2.75) is 37.7 Å². The van der Waals surface area contributed by atoms with Gasteiger partial charge in [-0.25, -0.2) is 13.1 Å². The zero-order valence-corrected chi connectivity index (χ0v) is 15.1. The van der Waals surface area contributed by atoms with E-state index in [2.05, 4.69) is 4.72 Å². The fourth-order valence-electron chi connectivity index (χ4n) is 2.31. The number of ether oxygens (including phenoxy) is 1. The molecule has 2 rings (SSSR count). The Hall–Kier alpha value is -1.83. The van der Waals surface area contributed by atoms with Crippen LogP contribution in [-0.4, -0.2) is 32.8 Å². The molecule has 0 aliphatic heterocycles. The Bertz CT molecular complexity index is 795. The Morgan fingerprint density at radius 1 is 1.29 bits per heavy atom. The van der Waals surface area contributed by atoms with Gasteiger partial charge in [0.15, 0.2) is 0 Å². The number of nitrogens with one attached hydrogen (secondary N) is 1. The van der Waals surface area contributed by atoms with E-state index in [1.165, 1.54) is 13.4 Å². The maximum atomic E-state index is 12.6. The van der Waals surface area contributed by atoms with Crippen LogP contribution in [0.2, 0.25) is 0 Å². The fraction of sp³-hybridized carbons (Fsp3) is 0.412. The summed E-state index contributed by atoms with van der Waals surface area (Å²) in [6, 6.07) is 6.70. The molecule has 7 heteroatoms. The van der Waals surface area contributed by atoms with Gasteiger partial charge in [0.05, 0.1) is 19.0 Å². The van der Waals surface area contributed by atoms with Crippen molar-refractivity contribution in [3.8, 4) is 5.75 Å². The number of sulfonamides is 1. The number of aliphatic hydroxyl groups is 1. The van der Waals surface area contributed by atoms with Crippen LogP contribution in [0, 0.1) is 13.8 Å². The molecule has 2 aromatic rings. The van der Waals surface area contributed by atoms with Crippen LogP contribution in [-0.2, 0) is 16.4 Å². The number of benzene rings is 1. The van der Waals surface area contributed by atoms with Gasteiger partial charge in [-0.3, -0.25) is 0 Å². The summed E-state index contributed by atoms with van der Waals surface area (Å²) in [5.41, 5.74) is 0.506. The number of methoxy groups -OCH3 is 1. The molecule has 1 aromatic carbocycles. The van der Waals surface area contributed by atoms with Crippen molar-refractivity contribution < 1.29 is 22.7 Å². The second kappa shape index (κ2) is 6.96. The summed E-state index contributed by atoms with van der Waals surface area (Å²) in [4.78, 5) is 0.0573. The van der Waals surface area contributed by atoms with Crippen LogP contribution in [0.5, 0.6) is 5.75 Å². The van der Waals surface area contributed by atoms with E-state index in [0.29, 0.717) is 5.76 Å². The van der Waals surface area contributed by atoms with Crippen LogP contribution >= 0.6 is 0 Å². The second-order valence-electron chi connectivity index (χ2n) is 6.16. The highest BCUT2D eigenvalue weighted by molar-refractivity contribution is 7.89. The number of hydrogen-bond acceptors (Lipinski definition) is 5. The largest absolute Gasteiger partial charge is 0.495 e. The molecule has 6 nitrogen and oxygen atoms in total. The number of furan rings is 1. The van der Waals surface area contributed by atoms with Gasteiger partial charge in [0, 0.05) is 13.0 Å². The molecule has 0 spiro atoms. The molecular weight excluding hydrogens is 330 g/mol. The molecule has 1 atom stereocenters. The summed E-state index contributed by atoms with van der Waals surface area (Å²) in [5.74, 6) is 0.860. The monoisotopic (exact) mass is 353 g/mol. The van der Waals surface area contributed by atoms with Crippen LogP contribution in [0.4, 0.5) is 0 Å². The van der Waals surface area contributed by atoms with Crippen LogP contribution < -0.4 is 9.46 Å². The molecule has 0 aliphatic rings. The van der Waals surface area contributed by atoms with Crippen molar-refractivity contribution in [3.05, 3.63) is 47.4 Å². The zero-order valence-electron chi connectivity index (χ0n) is 14.3. The lowest BCUT2D eigenvalue weighted by Gasteiger charge is -2.23. The van der Waals surface area contributed by atoms with Crippen molar-refractivity contribution in [2.24, 2.45) is 0 Å². The molecule has 0 fully saturated rings. The van der Waals surface area contributed by atoms with E-state index in [-0.39, 0.29) is 23.6 Å². The molecule has 1 heterocycles. The maximum Gasteiger partial charge on any atom is 0.244 e. The highest BCUT2D eigenvalue weighted by Crippen LogP contribution is 2.27. The van der Waals surface area contributed by atoms with Crippen LogP contribution in [0.15, 0.2) is 39.8 Å². The van der Waals surface area contributed by atoms with Crippen molar-refractivity contribution in [3.63, 3.8) is 0 Å². The normalized spacial score (nSPS) is 14.4. The second-order valence-corrected chi connectivity index (χ2v) is 7.90. The SMILES string of the molecule is COc1cc(C)c(C)cc1S(=O)(=O)NC[C@@](C)(O)Cc1ccco1. The Morgan fingerprint density at radius 2 is 1.96 bits per heavy atom. The summed E-state index contributed by atoms with van der Waals surface area (Å²) >= 11 is 0. The van der Waals surface area contributed by atoms with Gasteiger partial charge in [-0.1, -0.05) is 0 Å². The van der Waals surface area contributed by atoms with Crippen LogP contribution in [0.25, 0.3) is 0 Å². The minimum atomic E-state index is -3.82. The summed E-state index contributed by atoms with van der Waals surface area (Å²) in [6.45, 7) is 5.12. The smallest absolute Gasteiger partial charge is 0.244 e. The third-order valence-electron chi connectivity index (χ3n) is 3.85. The maximum absolute atomic E-state index is 12.6. The Morgan fingerprint density at radius 3 is 2.54 bits per heavy atom. The highest BCUT2D eigenvalue weighted by Gasteiger charge is 2.27. The van der Waals surface area contributed by atoms with Crippen molar-refractivity contribution in [2.75, 3.05) is 13.7 Å². The van der Waals surface area contributed by atoms with Gasteiger partial charge < -0.3 is 14.3 Å². The van der Waals surface area contributed by atoms with E-state index in [1.807, 2.05) is 13.8 Å². The van der Waals surface area contributed by atoms with E-state index in [1.54, 1.807) is 31.2 Å². The van der Waals surface area contributed by atoms with Gasteiger partial charge in [0.1, 0.15) is 16.4 Å². The van der Waals surface area contributed by atoms with Gasteiger partial charge in [-0.05, 0) is 56.2 Å².